The molecule has 0 aliphatic rings. The van der Waals surface area contributed by atoms with Gasteiger partial charge in [-0.3, -0.25) is 4.79 Å². The third-order valence-electron chi connectivity index (χ3n) is 2.44. The van der Waals surface area contributed by atoms with Crippen LogP contribution >= 0.6 is 27.5 Å². The molecule has 0 saturated carbocycles. The van der Waals surface area contributed by atoms with E-state index in [4.69, 9.17) is 17.3 Å². The van der Waals surface area contributed by atoms with E-state index in [9.17, 15) is 9.18 Å². The predicted molar refractivity (Wildman–Crippen MR) is 73.3 cm³/mol. The van der Waals surface area contributed by atoms with Gasteiger partial charge >= 0.3 is 0 Å². The van der Waals surface area contributed by atoms with Crippen LogP contribution in [0.5, 0.6) is 0 Å². The first-order valence-corrected chi connectivity index (χ1v) is 6.24. The van der Waals surface area contributed by atoms with Crippen LogP contribution in [0.3, 0.4) is 0 Å². The normalized spacial score (nSPS) is 10.6. The molecule has 2 N–H and O–H groups in total. The van der Waals surface area contributed by atoms with Crippen LogP contribution < -0.4 is 11.3 Å². The van der Waals surface area contributed by atoms with Crippen molar-refractivity contribution < 1.29 is 4.39 Å². The first kappa shape index (κ1) is 13.1. The molecule has 0 bridgehead atoms. The fourth-order valence-corrected chi connectivity index (χ4v) is 2.27. The fourth-order valence-electron chi connectivity index (χ4n) is 1.59. The van der Waals surface area contributed by atoms with Crippen molar-refractivity contribution in [2.24, 2.45) is 0 Å². The lowest BCUT2D eigenvalue weighted by atomic mass is 10.2. The molecular formula is C12H9BrClFN2O. The van der Waals surface area contributed by atoms with Gasteiger partial charge in [-0.05, 0) is 33.6 Å². The average Bonchev–Trinajstić information content (AvgIpc) is 2.31. The van der Waals surface area contributed by atoms with Crippen LogP contribution in [0.25, 0.3) is 0 Å². The fraction of sp³-hybridized carbons (Fsp3) is 0.0833. The third kappa shape index (κ3) is 2.57. The Morgan fingerprint density at radius 3 is 2.89 bits per heavy atom. The van der Waals surface area contributed by atoms with Crippen LogP contribution in [0.2, 0.25) is 5.02 Å². The number of hydrogen-bond donors (Lipinski definition) is 1. The Labute approximate surface area is 116 Å². The highest BCUT2D eigenvalue weighted by Crippen LogP contribution is 2.20. The molecule has 1 aromatic heterocycles. The van der Waals surface area contributed by atoms with Gasteiger partial charge in [0.2, 0.25) is 0 Å². The molecule has 18 heavy (non-hydrogen) atoms. The molecule has 2 aromatic rings. The lowest BCUT2D eigenvalue weighted by molar-refractivity contribution is 0.623. The molecule has 3 nitrogen and oxygen atoms in total. The van der Waals surface area contributed by atoms with Gasteiger partial charge in [-0.2, -0.15) is 0 Å². The van der Waals surface area contributed by atoms with Gasteiger partial charge in [0.05, 0.1) is 16.0 Å². The molecule has 0 spiro atoms. The van der Waals surface area contributed by atoms with Gasteiger partial charge in [0.25, 0.3) is 5.56 Å². The van der Waals surface area contributed by atoms with Crippen LogP contribution in [0, 0.1) is 5.82 Å². The van der Waals surface area contributed by atoms with Crippen molar-refractivity contribution in [3.05, 3.63) is 61.7 Å². The maximum Gasteiger partial charge on any atom is 0.265 e. The summed E-state index contributed by atoms with van der Waals surface area (Å²) < 4.78 is 15.0. The topological polar surface area (TPSA) is 48.0 Å². The minimum atomic E-state index is -0.509. The van der Waals surface area contributed by atoms with E-state index in [-0.39, 0.29) is 17.1 Å². The Balaban J connectivity index is 2.46. The second kappa shape index (κ2) is 5.12. The highest BCUT2D eigenvalue weighted by atomic mass is 79.9. The summed E-state index contributed by atoms with van der Waals surface area (Å²) in [7, 11) is 0. The molecule has 2 rings (SSSR count). The lowest BCUT2D eigenvalue weighted by Crippen LogP contribution is -2.21. The summed E-state index contributed by atoms with van der Waals surface area (Å²) in [4.78, 5) is 11.8. The molecule has 0 aliphatic carbocycles. The lowest BCUT2D eigenvalue weighted by Gasteiger charge is -2.09. The molecule has 0 amide bonds. The summed E-state index contributed by atoms with van der Waals surface area (Å²) >= 11 is 8.96. The number of nitrogens with two attached hydrogens (primary N) is 1. The minimum Gasteiger partial charge on any atom is -0.398 e. The van der Waals surface area contributed by atoms with E-state index in [1.807, 2.05) is 0 Å². The summed E-state index contributed by atoms with van der Waals surface area (Å²) in [5.41, 5.74) is 6.37. The van der Waals surface area contributed by atoms with E-state index in [0.717, 1.165) is 0 Å². The van der Waals surface area contributed by atoms with Gasteiger partial charge in [-0.25, -0.2) is 4.39 Å². The zero-order chi connectivity index (χ0) is 13.3. The average molecular weight is 332 g/mol. The zero-order valence-corrected chi connectivity index (χ0v) is 11.5. The maximum atomic E-state index is 13.3. The molecule has 94 valence electrons. The second-order valence-electron chi connectivity index (χ2n) is 3.77. The molecule has 0 fully saturated rings. The van der Waals surface area contributed by atoms with E-state index in [0.29, 0.717) is 15.7 Å². The number of anilines is 1. The van der Waals surface area contributed by atoms with Crippen molar-refractivity contribution in [2.75, 3.05) is 5.73 Å². The molecule has 0 radical (unpaired) electrons. The molecule has 0 saturated heterocycles. The highest BCUT2D eigenvalue weighted by Gasteiger charge is 2.08. The molecule has 0 atom stereocenters. The van der Waals surface area contributed by atoms with Gasteiger partial charge < -0.3 is 10.3 Å². The Bertz CT molecular complexity index is 657. The van der Waals surface area contributed by atoms with Crippen molar-refractivity contribution in [3.63, 3.8) is 0 Å². The molecule has 1 aromatic carbocycles. The van der Waals surface area contributed by atoms with E-state index < -0.39 is 5.82 Å². The predicted octanol–water partition coefficient (Wildman–Crippen LogP) is 3.03. The number of nitrogen functional groups attached to an aromatic ring is 1. The molecule has 6 heteroatoms. The smallest absolute Gasteiger partial charge is 0.265 e. The van der Waals surface area contributed by atoms with Crippen molar-refractivity contribution in [2.45, 2.75) is 6.54 Å². The number of rotatable bonds is 2. The second-order valence-corrected chi connectivity index (χ2v) is 5.00. The highest BCUT2D eigenvalue weighted by molar-refractivity contribution is 9.10. The monoisotopic (exact) mass is 330 g/mol. The maximum absolute atomic E-state index is 13.3. The number of halogens is 3. The summed E-state index contributed by atoms with van der Waals surface area (Å²) in [6.07, 6.45) is 1.49. The number of nitrogens with zero attached hydrogens (tertiary/aromatic N) is 1. The van der Waals surface area contributed by atoms with E-state index in [1.165, 1.54) is 22.9 Å². The van der Waals surface area contributed by atoms with Crippen molar-refractivity contribution >= 4 is 33.2 Å². The summed E-state index contributed by atoms with van der Waals surface area (Å²) in [6.45, 7) is 0.166. The van der Waals surface area contributed by atoms with Gasteiger partial charge in [0, 0.05) is 11.9 Å². The zero-order valence-electron chi connectivity index (χ0n) is 9.16. The number of hydrogen-bond acceptors (Lipinski definition) is 2. The molecule has 0 aliphatic heterocycles. The van der Waals surface area contributed by atoms with Gasteiger partial charge in [0.1, 0.15) is 5.82 Å². The number of aromatic nitrogens is 1. The Morgan fingerprint density at radius 1 is 1.44 bits per heavy atom. The Kier molecular flexibility index (Phi) is 3.73. The first-order valence-electron chi connectivity index (χ1n) is 5.07. The van der Waals surface area contributed by atoms with Crippen molar-refractivity contribution in [1.29, 1.82) is 0 Å². The molecular weight excluding hydrogens is 323 g/mol. The largest absolute Gasteiger partial charge is 0.398 e. The quantitative estimate of drug-likeness (QED) is 0.919. The van der Waals surface area contributed by atoms with Crippen LogP contribution in [0.4, 0.5) is 10.1 Å². The van der Waals surface area contributed by atoms with E-state index in [1.54, 1.807) is 12.1 Å². The van der Waals surface area contributed by atoms with E-state index in [2.05, 4.69) is 15.9 Å². The number of benzene rings is 1. The summed E-state index contributed by atoms with van der Waals surface area (Å²) in [6, 6.07) is 5.99. The van der Waals surface area contributed by atoms with Crippen LogP contribution in [-0.2, 0) is 6.54 Å². The van der Waals surface area contributed by atoms with E-state index >= 15 is 0 Å². The minimum absolute atomic E-state index is 0.0166. The van der Waals surface area contributed by atoms with Crippen LogP contribution in [0.15, 0.2) is 39.7 Å². The summed E-state index contributed by atoms with van der Waals surface area (Å²) in [5.74, 6) is -0.509. The SMILES string of the molecule is Nc1cc(Br)c(=O)n(Cc2cccc(F)c2Cl)c1. The Morgan fingerprint density at radius 2 is 2.17 bits per heavy atom. The molecule has 1 heterocycles. The van der Waals surface area contributed by atoms with Crippen molar-refractivity contribution in [1.82, 2.24) is 4.57 Å². The number of pyridine rings is 1. The van der Waals surface area contributed by atoms with Crippen LogP contribution in [0.1, 0.15) is 5.56 Å². The summed E-state index contributed by atoms with van der Waals surface area (Å²) in [5, 5.41) is 0.0166. The van der Waals surface area contributed by atoms with Crippen molar-refractivity contribution in [3.8, 4) is 0 Å². The van der Waals surface area contributed by atoms with Gasteiger partial charge in [-0.15, -0.1) is 0 Å². The standard InChI is InChI=1S/C12H9BrClFN2O/c13-9-4-8(16)6-17(12(9)18)5-7-2-1-3-10(15)11(7)14/h1-4,6H,5,16H2. The van der Waals surface area contributed by atoms with Crippen LogP contribution in [-0.4, -0.2) is 4.57 Å². The van der Waals surface area contributed by atoms with Gasteiger partial charge in [-0.1, -0.05) is 23.7 Å². The molecule has 0 unspecified atom stereocenters. The Hall–Kier alpha value is -1.33. The third-order valence-corrected chi connectivity index (χ3v) is 3.43. The first-order chi connectivity index (χ1) is 8.49. The van der Waals surface area contributed by atoms with Gasteiger partial charge in [0.15, 0.2) is 0 Å².